The minimum Gasteiger partial charge on any atom is -0.265 e. The SMILES string of the molecule is C(#CCc1ccncc1)Cc1ccncc1.c1cc(Cc2ccc(Cc3ccncc3)cc2)ccn1. The highest BCUT2D eigenvalue weighted by molar-refractivity contribution is 5.30. The zero-order valence-electron chi connectivity index (χ0n) is 20.2. The Kier molecular flexibility index (Phi) is 9.48. The highest BCUT2D eigenvalue weighted by Crippen LogP contribution is 2.13. The molecule has 0 amide bonds. The van der Waals surface area contributed by atoms with E-state index >= 15 is 0 Å². The monoisotopic (exact) mass is 468 g/mol. The number of nitrogens with zero attached hydrogens (tertiary/aromatic N) is 4. The minimum atomic E-state index is 0.785. The van der Waals surface area contributed by atoms with Crippen molar-refractivity contribution in [3.63, 3.8) is 0 Å². The summed E-state index contributed by atoms with van der Waals surface area (Å²) in [6.45, 7) is 0. The maximum Gasteiger partial charge on any atom is 0.0341 e. The van der Waals surface area contributed by atoms with Gasteiger partial charge in [-0.1, -0.05) is 36.1 Å². The molecule has 4 aromatic heterocycles. The van der Waals surface area contributed by atoms with Crippen LogP contribution in [0, 0.1) is 11.8 Å². The van der Waals surface area contributed by atoms with Crippen molar-refractivity contribution in [2.45, 2.75) is 25.7 Å². The van der Waals surface area contributed by atoms with E-state index in [4.69, 9.17) is 0 Å². The molecular weight excluding hydrogens is 440 g/mol. The van der Waals surface area contributed by atoms with Gasteiger partial charge in [0.25, 0.3) is 0 Å². The molecule has 0 bridgehead atoms. The zero-order chi connectivity index (χ0) is 24.7. The molecule has 36 heavy (non-hydrogen) atoms. The molecule has 0 aliphatic rings. The van der Waals surface area contributed by atoms with Crippen molar-refractivity contribution < 1.29 is 0 Å². The molecule has 0 aliphatic carbocycles. The Morgan fingerprint density at radius 1 is 0.333 bits per heavy atom. The van der Waals surface area contributed by atoms with E-state index in [1.807, 2.05) is 49.1 Å². The van der Waals surface area contributed by atoms with Crippen LogP contribution < -0.4 is 0 Å². The lowest BCUT2D eigenvalue weighted by molar-refractivity contribution is 1.13. The third kappa shape index (κ3) is 8.62. The van der Waals surface area contributed by atoms with Crippen molar-refractivity contribution in [3.05, 3.63) is 156 Å². The molecule has 4 nitrogen and oxygen atoms in total. The van der Waals surface area contributed by atoms with Gasteiger partial charge in [0, 0.05) is 62.4 Å². The quantitative estimate of drug-likeness (QED) is 0.290. The first-order valence-corrected chi connectivity index (χ1v) is 11.9. The lowest BCUT2D eigenvalue weighted by Gasteiger charge is -2.05. The first-order chi connectivity index (χ1) is 17.8. The van der Waals surface area contributed by atoms with Crippen molar-refractivity contribution in [3.8, 4) is 11.8 Å². The molecule has 0 saturated carbocycles. The van der Waals surface area contributed by atoms with Crippen molar-refractivity contribution in [2.24, 2.45) is 0 Å². The van der Waals surface area contributed by atoms with Crippen LogP contribution in [0.2, 0.25) is 0 Å². The fourth-order valence-corrected chi connectivity index (χ4v) is 3.58. The van der Waals surface area contributed by atoms with Crippen LogP contribution in [0.1, 0.15) is 33.4 Å². The number of hydrogen-bond donors (Lipinski definition) is 0. The summed E-state index contributed by atoms with van der Waals surface area (Å²) in [5.41, 5.74) is 7.66. The molecule has 0 saturated heterocycles. The highest BCUT2D eigenvalue weighted by Gasteiger charge is 1.99. The highest BCUT2D eigenvalue weighted by atomic mass is 14.6. The number of benzene rings is 1. The molecular formula is C32H28N4. The average Bonchev–Trinajstić information content (AvgIpc) is 2.95. The summed E-state index contributed by atoms with van der Waals surface area (Å²) in [7, 11) is 0. The van der Waals surface area contributed by atoms with E-state index in [0.717, 1.165) is 25.7 Å². The van der Waals surface area contributed by atoms with Crippen LogP contribution in [0.5, 0.6) is 0 Å². The molecule has 4 heteroatoms. The van der Waals surface area contributed by atoms with Crippen molar-refractivity contribution in [2.75, 3.05) is 0 Å². The van der Waals surface area contributed by atoms with Crippen LogP contribution in [0.15, 0.2) is 122 Å². The standard InChI is InChI=1S/C18H16N2.C14H12N2/c1-2-16(14-18-7-11-20-12-8-18)4-3-15(1)13-17-5-9-19-10-6-17;1(3-13-5-9-15-10-6-13)2-4-14-7-11-16-12-8-14/h1-12H,13-14H2;5-12H,3-4H2. The summed E-state index contributed by atoms with van der Waals surface area (Å²) >= 11 is 0. The van der Waals surface area contributed by atoms with Crippen LogP contribution in [0.4, 0.5) is 0 Å². The smallest absolute Gasteiger partial charge is 0.0341 e. The molecule has 0 unspecified atom stereocenters. The minimum absolute atomic E-state index is 0.785. The molecule has 0 N–H and O–H groups in total. The zero-order valence-corrected chi connectivity index (χ0v) is 20.2. The molecule has 5 rings (SSSR count). The Labute approximate surface area is 213 Å². The predicted molar refractivity (Wildman–Crippen MR) is 144 cm³/mol. The van der Waals surface area contributed by atoms with Gasteiger partial charge in [-0.05, 0) is 94.8 Å². The van der Waals surface area contributed by atoms with Crippen LogP contribution in [0.25, 0.3) is 0 Å². The van der Waals surface area contributed by atoms with Crippen molar-refractivity contribution in [1.29, 1.82) is 0 Å². The van der Waals surface area contributed by atoms with Gasteiger partial charge < -0.3 is 0 Å². The molecule has 0 aliphatic heterocycles. The second kappa shape index (κ2) is 13.9. The first kappa shape index (κ1) is 24.5. The topological polar surface area (TPSA) is 51.6 Å². The van der Waals surface area contributed by atoms with Gasteiger partial charge >= 0.3 is 0 Å². The third-order valence-electron chi connectivity index (χ3n) is 5.55. The summed E-state index contributed by atoms with van der Waals surface area (Å²) < 4.78 is 0. The fraction of sp³-hybridized carbons (Fsp3) is 0.125. The Bertz CT molecular complexity index is 1240. The van der Waals surface area contributed by atoms with Crippen LogP contribution in [0.3, 0.4) is 0 Å². The van der Waals surface area contributed by atoms with Crippen LogP contribution in [-0.2, 0) is 25.7 Å². The molecule has 1 aromatic carbocycles. The molecule has 0 atom stereocenters. The average molecular weight is 469 g/mol. The summed E-state index contributed by atoms with van der Waals surface area (Å²) in [4.78, 5) is 16.0. The number of rotatable bonds is 6. The second-order valence-electron chi connectivity index (χ2n) is 8.30. The van der Waals surface area contributed by atoms with Gasteiger partial charge in [-0.15, -0.1) is 0 Å². The van der Waals surface area contributed by atoms with Gasteiger partial charge in [0.15, 0.2) is 0 Å². The molecule has 0 radical (unpaired) electrons. The Balaban J connectivity index is 0.000000174. The maximum atomic E-state index is 4.04. The van der Waals surface area contributed by atoms with Crippen molar-refractivity contribution in [1.82, 2.24) is 19.9 Å². The lowest BCUT2D eigenvalue weighted by Crippen LogP contribution is -1.91. The van der Waals surface area contributed by atoms with E-state index < -0.39 is 0 Å². The number of aromatic nitrogens is 4. The van der Waals surface area contributed by atoms with Crippen LogP contribution >= 0.6 is 0 Å². The Hall–Kier alpha value is -4.62. The van der Waals surface area contributed by atoms with Gasteiger partial charge in [0.1, 0.15) is 0 Å². The van der Waals surface area contributed by atoms with E-state index in [1.165, 1.54) is 33.4 Å². The molecule has 4 heterocycles. The second-order valence-corrected chi connectivity index (χ2v) is 8.30. The van der Waals surface area contributed by atoms with Gasteiger partial charge in [-0.25, -0.2) is 0 Å². The molecule has 0 spiro atoms. The third-order valence-corrected chi connectivity index (χ3v) is 5.55. The fourth-order valence-electron chi connectivity index (χ4n) is 3.58. The van der Waals surface area contributed by atoms with E-state index in [2.05, 4.69) is 80.3 Å². The van der Waals surface area contributed by atoms with Gasteiger partial charge in [-0.2, -0.15) is 0 Å². The maximum absolute atomic E-state index is 4.04. The Morgan fingerprint density at radius 3 is 0.889 bits per heavy atom. The van der Waals surface area contributed by atoms with E-state index in [9.17, 15) is 0 Å². The largest absolute Gasteiger partial charge is 0.265 e. The van der Waals surface area contributed by atoms with Gasteiger partial charge in [0.2, 0.25) is 0 Å². The predicted octanol–water partition coefficient (Wildman–Crippen LogP) is 5.92. The molecule has 176 valence electrons. The van der Waals surface area contributed by atoms with Gasteiger partial charge in [-0.3, -0.25) is 19.9 Å². The normalized spacial score (nSPS) is 9.89. The van der Waals surface area contributed by atoms with Crippen LogP contribution in [-0.4, -0.2) is 19.9 Å². The summed E-state index contributed by atoms with van der Waals surface area (Å²) in [5, 5.41) is 0. The lowest BCUT2D eigenvalue weighted by atomic mass is 10.0. The van der Waals surface area contributed by atoms with E-state index in [-0.39, 0.29) is 0 Å². The van der Waals surface area contributed by atoms with Crippen molar-refractivity contribution >= 4 is 0 Å². The first-order valence-electron chi connectivity index (χ1n) is 11.9. The van der Waals surface area contributed by atoms with E-state index in [1.54, 1.807) is 24.8 Å². The number of pyridine rings is 4. The summed E-state index contributed by atoms with van der Waals surface area (Å²) in [6.07, 6.45) is 18.0. The molecule has 5 aromatic rings. The van der Waals surface area contributed by atoms with E-state index in [0.29, 0.717) is 0 Å². The Morgan fingerprint density at radius 2 is 0.583 bits per heavy atom. The number of hydrogen-bond acceptors (Lipinski definition) is 4. The molecule has 0 fully saturated rings. The summed E-state index contributed by atoms with van der Waals surface area (Å²) in [6, 6.07) is 25.0. The summed E-state index contributed by atoms with van der Waals surface area (Å²) in [5.74, 6) is 6.30. The van der Waals surface area contributed by atoms with Gasteiger partial charge in [0.05, 0.1) is 0 Å².